The van der Waals surface area contributed by atoms with Gasteiger partial charge in [0.15, 0.2) is 0 Å². The van der Waals surface area contributed by atoms with E-state index in [1.165, 1.54) is 6.07 Å². The zero-order valence-corrected chi connectivity index (χ0v) is 14.8. The number of carboxylic acids is 1. The number of rotatable bonds is 4. The number of hydrogen-bond donors (Lipinski definition) is 1. The Labute approximate surface area is 159 Å². The van der Waals surface area contributed by atoms with E-state index >= 15 is 0 Å². The van der Waals surface area contributed by atoms with E-state index in [0.717, 1.165) is 27.8 Å². The van der Waals surface area contributed by atoms with Crippen molar-refractivity contribution >= 4 is 28.5 Å². The minimum atomic E-state index is -0.975. The normalized spacial score (nSPS) is 11.0. The van der Waals surface area contributed by atoms with Gasteiger partial charge in [-0.2, -0.15) is 0 Å². The molecule has 3 nitrogen and oxygen atoms in total. The standard InChI is InChI=1S/C22H14ClFO3/c23-19-10-13(7-8-20(19)24)9-17-12-15-4-2-6-18(21(15)27-17)14-3-1-5-16(11-14)22(25)26/h1-8,10-12H,9H2,(H,25,26). The lowest BCUT2D eigenvalue weighted by molar-refractivity contribution is 0.0697. The van der Waals surface area contributed by atoms with Crippen LogP contribution in [0.15, 0.2) is 71.1 Å². The minimum Gasteiger partial charge on any atom is -0.478 e. The summed E-state index contributed by atoms with van der Waals surface area (Å²) in [6.45, 7) is 0. The number of hydrogen-bond acceptors (Lipinski definition) is 2. The largest absolute Gasteiger partial charge is 0.478 e. The summed E-state index contributed by atoms with van der Waals surface area (Å²) in [6, 6.07) is 19.0. The molecular weight excluding hydrogens is 367 g/mol. The highest BCUT2D eigenvalue weighted by Crippen LogP contribution is 2.32. The van der Waals surface area contributed by atoms with Gasteiger partial charge >= 0.3 is 5.97 Å². The molecule has 4 rings (SSSR count). The smallest absolute Gasteiger partial charge is 0.335 e. The molecule has 0 aliphatic carbocycles. The molecule has 1 heterocycles. The highest BCUT2D eigenvalue weighted by Gasteiger charge is 2.12. The number of carbonyl (C=O) groups is 1. The lowest BCUT2D eigenvalue weighted by atomic mass is 10.0. The molecule has 0 unspecified atom stereocenters. The molecule has 1 aromatic heterocycles. The summed E-state index contributed by atoms with van der Waals surface area (Å²) in [5.74, 6) is -0.711. The number of fused-ring (bicyclic) bond motifs is 1. The Kier molecular flexibility index (Phi) is 4.42. The monoisotopic (exact) mass is 380 g/mol. The van der Waals surface area contributed by atoms with Crippen molar-refractivity contribution in [1.82, 2.24) is 0 Å². The van der Waals surface area contributed by atoms with Crippen LogP contribution in [0.3, 0.4) is 0 Å². The molecule has 0 saturated carbocycles. The van der Waals surface area contributed by atoms with Gasteiger partial charge in [-0.25, -0.2) is 9.18 Å². The van der Waals surface area contributed by atoms with Gasteiger partial charge in [-0.05, 0) is 41.5 Å². The summed E-state index contributed by atoms with van der Waals surface area (Å²) in [5, 5.41) is 10.2. The molecule has 0 aliphatic rings. The van der Waals surface area contributed by atoms with Crippen LogP contribution in [0.25, 0.3) is 22.1 Å². The van der Waals surface area contributed by atoms with Gasteiger partial charge in [0.2, 0.25) is 0 Å². The average Bonchev–Trinajstić information content (AvgIpc) is 3.07. The fraction of sp³-hybridized carbons (Fsp3) is 0.0455. The third-order valence-corrected chi connectivity index (χ3v) is 4.67. The molecule has 0 amide bonds. The number of halogens is 2. The quantitative estimate of drug-likeness (QED) is 0.459. The van der Waals surface area contributed by atoms with Crippen LogP contribution in [-0.2, 0) is 6.42 Å². The Morgan fingerprint density at radius 3 is 2.63 bits per heavy atom. The fourth-order valence-corrected chi connectivity index (χ4v) is 3.30. The van der Waals surface area contributed by atoms with E-state index in [1.54, 1.807) is 30.3 Å². The van der Waals surface area contributed by atoms with Gasteiger partial charge in [-0.1, -0.05) is 48.0 Å². The zero-order chi connectivity index (χ0) is 19.0. The third-order valence-electron chi connectivity index (χ3n) is 4.38. The first-order chi connectivity index (χ1) is 13.0. The van der Waals surface area contributed by atoms with Gasteiger partial charge in [0.05, 0.1) is 10.6 Å². The number of para-hydroxylation sites is 1. The number of carboxylic acid groups (broad SMARTS) is 1. The Morgan fingerprint density at radius 2 is 1.85 bits per heavy atom. The maximum absolute atomic E-state index is 13.3. The summed E-state index contributed by atoms with van der Waals surface area (Å²) in [4.78, 5) is 11.2. The second-order valence-electron chi connectivity index (χ2n) is 6.25. The summed E-state index contributed by atoms with van der Waals surface area (Å²) in [7, 11) is 0. The number of aromatic carboxylic acids is 1. The lowest BCUT2D eigenvalue weighted by Gasteiger charge is -2.04. The molecule has 0 fully saturated rings. The van der Waals surface area contributed by atoms with Gasteiger partial charge in [0, 0.05) is 17.4 Å². The molecule has 0 bridgehead atoms. The van der Waals surface area contributed by atoms with E-state index in [1.807, 2.05) is 30.3 Å². The second kappa shape index (κ2) is 6.89. The molecule has 0 spiro atoms. The van der Waals surface area contributed by atoms with Crippen LogP contribution in [0, 0.1) is 5.82 Å². The van der Waals surface area contributed by atoms with Crippen LogP contribution < -0.4 is 0 Å². The average molecular weight is 381 g/mol. The maximum Gasteiger partial charge on any atom is 0.335 e. The molecule has 134 valence electrons. The van der Waals surface area contributed by atoms with E-state index in [-0.39, 0.29) is 10.6 Å². The van der Waals surface area contributed by atoms with Crippen molar-refractivity contribution in [2.75, 3.05) is 0 Å². The molecule has 0 atom stereocenters. The first-order valence-corrected chi connectivity index (χ1v) is 8.68. The molecule has 1 N–H and O–H groups in total. The van der Waals surface area contributed by atoms with Crippen molar-refractivity contribution < 1.29 is 18.7 Å². The first-order valence-electron chi connectivity index (χ1n) is 8.30. The highest BCUT2D eigenvalue weighted by atomic mass is 35.5. The highest BCUT2D eigenvalue weighted by molar-refractivity contribution is 6.30. The molecule has 5 heteroatoms. The molecule has 3 aromatic carbocycles. The van der Waals surface area contributed by atoms with E-state index in [4.69, 9.17) is 16.0 Å². The summed E-state index contributed by atoms with van der Waals surface area (Å²) >= 11 is 5.85. The van der Waals surface area contributed by atoms with Crippen molar-refractivity contribution in [2.24, 2.45) is 0 Å². The van der Waals surface area contributed by atoms with E-state index in [9.17, 15) is 14.3 Å². The van der Waals surface area contributed by atoms with Crippen LogP contribution >= 0.6 is 11.6 Å². The van der Waals surface area contributed by atoms with Crippen LogP contribution in [0.5, 0.6) is 0 Å². The summed E-state index contributed by atoms with van der Waals surface area (Å²) in [6.07, 6.45) is 0.475. The van der Waals surface area contributed by atoms with Crippen LogP contribution in [0.4, 0.5) is 4.39 Å². The fourth-order valence-electron chi connectivity index (χ4n) is 3.10. The zero-order valence-electron chi connectivity index (χ0n) is 14.1. The number of furan rings is 1. The Morgan fingerprint density at radius 1 is 1.04 bits per heavy atom. The van der Waals surface area contributed by atoms with Crippen LogP contribution in [0.2, 0.25) is 5.02 Å². The molecule has 4 aromatic rings. The first kappa shape index (κ1) is 17.3. The van der Waals surface area contributed by atoms with Crippen LogP contribution in [-0.4, -0.2) is 11.1 Å². The molecule has 0 aliphatic heterocycles. The van der Waals surface area contributed by atoms with Crippen molar-refractivity contribution in [2.45, 2.75) is 6.42 Å². The van der Waals surface area contributed by atoms with Gasteiger partial charge in [0.25, 0.3) is 0 Å². The Hall–Kier alpha value is -3.11. The predicted octanol–water partition coefficient (Wildman–Crippen LogP) is 6.18. The van der Waals surface area contributed by atoms with Gasteiger partial charge < -0.3 is 9.52 Å². The van der Waals surface area contributed by atoms with Gasteiger partial charge in [-0.15, -0.1) is 0 Å². The van der Waals surface area contributed by atoms with E-state index < -0.39 is 11.8 Å². The third kappa shape index (κ3) is 3.44. The van der Waals surface area contributed by atoms with Crippen molar-refractivity contribution in [3.05, 3.63) is 94.5 Å². The Bertz CT molecular complexity index is 1160. The molecule has 0 radical (unpaired) electrons. The molecular formula is C22H14ClFO3. The van der Waals surface area contributed by atoms with Gasteiger partial charge in [-0.3, -0.25) is 0 Å². The van der Waals surface area contributed by atoms with Crippen molar-refractivity contribution in [3.63, 3.8) is 0 Å². The SMILES string of the molecule is O=C(O)c1cccc(-c2cccc3cc(Cc4ccc(F)c(Cl)c4)oc23)c1. The minimum absolute atomic E-state index is 0.0785. The summed E-state index contributed by atoms with van der Waals surface area (Å²) < 4.78 is 19.4. The topological polar surface area (TPSA) is 50.4 Å². The van der Waals surface area contributed by atoms with Crippen LogP contribution in [0.1, 0.15) is 21.7 Å². The van der Waals surface area contributed by atoms with E-state index in [2.05, 4.69) is 0 Å². The Balaban J connectivity index is 1.75. The second-order valence-corrected chi connectivity index (χ2v) is 6.66. The molecule has 0 saturated heterocycles. The lowest BCUT2D eigenvalue weighted by Crippen LogP contribution is -1.95. The molecule has 27 heavy (non-hydrogen) atoms. The van der Waals surface area contributed by atoms with Gasteiger partial charge in [0.1, 0.15) is 17.2 Å². The van der Waals surface area contributed by atoms with Crippen molar-refractivity contribution in [1.29, 1.82) is 0 Å². The maximum atomic E-state index is 13.3. The summed E-state index contributed by atoms with van der Waals surface area (Å²) in [5.41, 5.74) is 3.33. The van der Waals surface area contributed by atoms with E-state index in [0.29, 0.717) is 12.0 Å². The number of benzene rings is 3. The predicted molar refractivity (Wildman–Crippen MR) is 103 cm³/mol. The van der Waals surface area contributed by atoms with Crippen molar-refractivity contribution in [3.8, 4) is 11.1 Å².